The van der Waals surface area contributed by atoms with Crippen molar-refractivity contribution < 1.29 is 9.47 Å². The lowest BCUT2D eigenvalue weighted by Crippen LogP contribution is -2.07. The van der Waals surface area contributed by atoms with Crippen molar-refractivity contribution in [1.82, 2.24) is 4.98 Å². The fourth-order valence-electron chi connectivity index (χ4n) is 3.12. The zero-order valence-corrected chi connectivity index (χ0v) is 14.7. The normalized spacial score (nSPS) is 11.3. The highest BCUT2D eigenvalue weighted by molar-refractivity contribution is 9.10. The third-order valence-corrected chi connectivity index (χ3v) is 4.73. The van der Waals surface area contributed by atoms with Crippen LogP contribution in [0.25, 0.3) is 32.6 Å². The molecule has 0 spiro atoms. The Hall–Kier alpha value is -2.53. The van der Waals surface area contributed by atoms with E-state index < -0.39 is 0 Å². The van der Waals surface area contributed by atoms with Crippen molar-refractivity contribution in [3.63, 3.8) is 0 Å². The first-order valence-corrected chi connectivity index (χ1v) is 8.21. The first-order valence-electron chi connectivity index (χ1n) is 7.42. The summed E-state index contributed by atoms with van der Waals surface area (Å²) in [7, 11) is 3.14. The molecule has 0 aliphatic carbocycles. The van der Waals surface area contributed by atoms with Gasteiger partial charge in [0.25, 0.3) is 0 Å². The molecule has 0 fully saturated rings. The van der Waals surface area contributed by atoms with Crippen LogP contribution in [-0.4, -0.2) is 19.2 Å². The molecule has 5 heteroatoms. The van der Waals surface area contributed by atoms with Crippen LogP contribution in [0.3, 0.4) is 0 Å². The van der Waals surface area contributed by atoms with Crippen LogP contribution in [0.5, 0.6) is 11.5 Å². The van der Waals surface area contributed by atoms with Crippen LogP contribution in [0.2, 0.25) is 0 Å². The standard InChI is InChI=1S/C19H14BrNO3/c1-23-12-8-15-18(16(9-12)24-2)19(22)17-13-5-4-11(20)7-10(13)3-6-14(17)21-15/h3-9H,1-2H3,(H,21,22). The van der Waals surface area contributed by atoms with Crippen LogP contribution in [0.4, 0.5) is 0 Å². The largest absolute Gasteiger partial charge is 0.497 e. The molecule has 0 aliphatic heterocycles. The van der Waals surface area contributed by atoms with Gasteiger partial charge in [0.1, 0.15) is 11.5 Å². The number of benzene rings is 3. The molecule has 1 N–H and O–H groups in total. The number of hydrogen-bond donors (Lipinski definition) is 1. The lowest BCUT2D eigenvalue weighted by Gasteiger charge is -2.11. The molecule has 24 heavy (non-hydrogen) atoms. The quantitative estimate of drug-likeness (QED) is 0.406. The van der Waals surface area contributed by atoms with Gasteiger partial charge in [-0.3, -0.25) is 4.79 Å². The lowest BCUT2D eigenvalue weighted by molar-refractivity contribution is 0.397. The maximum atomic E-state index is 13.2. The van der Waals surface area contributed by atoms with E-state index in [-0.39, 0.29) is 5.43 Å². The highest BCUT2D eigenvalue weighted by Gasteiger charge is 2.14. The van der Waals surface area contributed by atoms with Gasteiger partial charge in [0.05, 0.1) is 36.0 Å². The topological polar surface area (TPSA) is 51.3 Å². The van der Waals surface area contributed by atoms with Crippen molar-refractivity contribution in [3.8, 4) is 11.5 Å². The second-order valence-corrected chi connectivity index (χ2v) is 6.48. The molecule has 4 aromatic rings. The van der Waals surface area contributed by atoms with Gasteiger partial charge in [-0.05, 0) is 29.0 Å². The number of pyridine rings is 1. The third-order valence-electron chi connectivity index (χ3n) is 4.24. The average Bonchev–Trinajstić information content (AvgIpc) is 2.60. The monoisotopic (exact) mass is 383 g/mol. The fourth-order valence-corrected chi connectivity index (χ4v) is 3.50. The van der Waals surface area contributed by atoms with Crippen molar-refractivity contribution in [1.29, 1.82) is 0 Å². The summed E-state index contributed by atoms with van der Waals surface area (Å²) in [6.45, 7) is 0. The van der Waals surface area contributed by atoms with Gasteiger partial charge in [-0.2, -0.15) is 0 Å². The van der Waals surface area contributed by atoms with E-state index >= 15 is 0 Å². The molecule has 4 rings (SSSR count). The molecule has 0 atom stereocenters. The minimum Gasteiger partial charge on any atom is -0.497 e. The van der Waals surface area contributed by atoms with Crippen LogP contribution in [-0.2, 0) is 0 Å². The zero-order chi connectivity index (χ0) is 16.8. The summed E-state index contributed by atoms with van der Waals surface area (Å²) < 4.78 is 11.7. The van der Waals surface area contributed by atoms with Crippen LogP contribution in [0.1, 0.15) is 0 Å². The number of ether oxygens (including phenoxy) is 2. The first-order chi connectivity index (χ1) is 11.6. The third kappa shape index (κ3) is 2.16. The molecule has 0 unspecified atom stereocenters. The number of aromatic nitrogens is 1. The molecule has 0 bridgehead atoms. The van der Waals surface area contributed by atoms with Crippen molar-refractivity contribution in [2.24, 2.45) is 0 Å². The molecule has 3 aromatic carbocycles. The molecular formula is C19H14BrNO3. The number of nitrogens with one attached hydrogen (secondary N) is 1. The van der Waals surface area contributed by atoms with Crippen LogP contribution in [0.15, 0.2) is 51.7 Å². The number of halogens is 1. The Bertz CT molecular complexity index is 1160. The summed E-state index contributed by atoms with van der Waals surface area (Å²) in [6, 6.07) is 13.4. The van der Waals surface area contributed by atoms with E-state index in [1.165, 1.54) is 0 Å². The minimum atomic E-state index is -0.0498. The highest BCUT2D eigenvalue weighted by atomic mass is 79.9. The van der Waals surface area contributed by atoms with Gasteiger partial charge in [0.15, 0.2) is 0 Å². The summed E-state index contributed by atoms with van der Waals surface area (Å²) in [5, 5.41) is 3.11. The summed E-state index contributed by atoms with van der Waals surface area (Å²) in [4.78, 5) is 16.5. The van der Waals surface area contributed by atoms with Crippen molar-refractivity contribution in [2.75, 3.05) is 14.2 Å². The highest BCUT2D eigenvalue weighted by Crippen LogP contribution is 2.31. The predicted molar refractivity (Wildman–Crippen MR) is 100 cm³/mol. The molecule has 0 aliphatic rings. The van der Waals surface area contributed by atoms with Crippen molar-refractivity contribution in [2.45, 2.75) is 0 Å². The molecule has 0 radical (unpaired) electrons. The van der Waals surface area contributed by atoms with E-state index in [0.717, 1.165) is 20.8 Å². The molecular weight excluding hydrogens is 370 g/mol. The summed E-state index contributed by atoms with van der Waals surface area (Å²) in [6.07, 6.45) is 0. The predicted octanol–water partition coefficient (Wildman–Crippen LogP) is 4.61. The Balaban J connectivity index is 2.24. The average molecular weight is 384 g/mol. The van der Waals surface area contributed by atoms with Crippen LogP contribution in [0, 0.1) is 0 Å². The summed E-state index contributed by atoms with van der Waals surface area (Å²) in [5.41, 5.74) is 1.43. The van der Waals surface area contributed by atoms with Gasteiger partial charge in [0.2, 0.25) is 5.43 Å². The Morgan fingerprint density at radius 2 is 1.75 bits per heavy atom. The number of H-pyrrole nitrogens is 1. The second-order valence-electron chi connectivity index (χ2n) is 5.56. The summed E-state index contributed by atoms with van der Waals surface area (Å²) in [5.74, 6) is 1.14. The maximum Gasteiger partial charge on any atom is 0.201 e. The van der Waals surface area contributed by atoms with Crippen LogP contribution >= 0.6 is 15.9 Å². The summed E-state index contributed by atoms with van der Waals surface area (Å²) >= 11 is 3.47. The van der Waals surface area contributed by atoms with Gasteiger partial charge in [-0.25, -0.2) is 0 Å². The SMILES string of the molecule is COc1cc(OC)c2c(=O)c3c(ccc4cc(Br)ccc43)[nH]c2c1. The zero-order valence-electron chi connectivity index (χ0n) is 13.1. The smallest absolute Gasteiger partial charge is 0.201 e. The Morgan fingerprint density at radius 3 is 2.50 bits per heavy atom. The van der Waals surface area contributed by atoms with Gasteiger partial charge < -0.3 is 14.5 Å². The van der Waals surface area contributed by atoms with Gasteiger partial charge in [-0.15, -0.1) is 0 Å². The van der Waals surface area contributed by atoms with Crippen molar-refractivity contribution >= 4 is 48.5 Å². The number of rotatable bonds is 2. The van der Waals surface area contributed by atoms with E-state index in [1.807, 2.05) is 36.4 Å². The Kier molecular flexibility index (Phi) is 3.46. The first kappa shape index (κ1) is 15.0. The number of fused-ring (bicyclic) bond motifs is 4. The second kappa shape index (κ2) is 5.53. The van der Waals surface area contributed by atoms with Crippen LogP contribution < -0.4 is 14.9 Å². The van der Waals surface area contributed by atoms with Gasteiger partial charge >= 0.3 is 0 Å². The van der Waals surface area contributed by atoms with E-state index in [4.69, 9.17) is 9.47 Å². The number of methoxy groups -OCH3 is 2. The molecule has 1 aromatic heterocycles. The van der Waals surface area contributed by atoms with E-state index in [1.54, 1.807) is 20.3 Å². The number of aromatic amines is 1. The van der Waals surface area contributed by atoms with Crippen molar-refractivity contribution in [3.05, 3.63) is 57.2 Å². The van der Waals surface area contributed by atoms with Gasteiger partial charge in [-0.1, -0.05) is 28.1 Å². The Labute approximate surface area is 146 Å². The molecule has 0 amide bonds. The number of hydrogen-bond acceptors (Lipinski definition) is 3. The lowest BCUT2D eigenvalue weighted by atomic mass is 10.0. The Morgan fingerprint density at radius 1 is 0.917 bits per heavy atom. The van der Waals surface area contributed by atoms with E-state index in [2.05, 4.69) is 20.9 Å². The molecule has 120 valence electrons. The molecule has 0 saturated carbocycles. The fraction of sp³-hybridized carbons (Fsp3) is 0.105. The molecule has 4 nitrogen and oxygen atoms in total. The maximum absolute atomic E-state index is 13.2. The molecule has 1 heterocycles. The van der Waals surface area contributed by atoms with E-state index in [0.29, 0.717) is 27.8 Å². The minimum absolute atomic E-state index is 0.0498. The van der Waals surface area contributed by atoms with E-state index in [9.17, 15) is 4.79 Å². The molecule has 0 saturated heterocycles. The van der Waals surface area contributed by atoms with Gasteiger partial charge in [0, 0.05) is 16.6 Å².